The predicted octanol–water partition coefficient (Wildman–Crippen LogP) is 3.61. The summed E-state index contributed by atoms with van der Waals surface area (Å²) in [6.07, 6.45) is 0.798. The van der Waals surface area contributed by atoms with Crippen molar-refractivity contribution in [1.82, 2.24) is 9.80 Å². The fourth-order valence-electron chi connectivity index (χ4n) is 4.10. The number of amides is 1. The fourth-order valence-corrected chi connectivity index (χ4v) is 4.31. The monoisotopic (exact) mass is 452 g/mol. The number of benzene rings is 2. The maximum absolute atomic E-state index is 12.9. The maximum atomic E-state index is 12.9. The summed E-state index contributed by atoms with van der Waals surface area (Å²) >= 11 is 6.05. The third kappa shape index (κ3) is 5.67. The minimum Gasteiger partial charge on any atom is -0.497 e. The molecule has 3 rings (SSSR count). The highest BCUT2D eigenvalue weighted by Crippen LogP contribution is 2.39. The molecule has 0 radical (unpaired) electrons. The molecule has 2 aromatic rings. The summed E-state index contributed by atoms with van der Waals surface area (Å²) in [5.41, 5.74) is 0.733. The summed E-state index contributed by atoms with van der Waals surface area (Å²) in [5.74, 6) is 0.671. The molecule has 0 spiro atoms. The first-order chi connectivity index (χ1) is 13.8. The average Bonchev–Trinajstić information content (AvgIpc) is 2.69. The Morgan fingerprint density at radius 3 is 2.67 bits per heavy atom. The van der Waals surface area contributed by atoms with Crippen LogP contribution in [0.15, 0.2) is 48.5 Å². The maximum Gasteiger partial charge on any atom is 0.227 e. The van der Waals surface area contributed by atoms with Crippen LogP contribution in [0.4, 0.5) is 0 Å². The van der Waals surface area contributed by atoms with Gasteiger partial charge in [-0.3, -0.25) is 4.79 Å². The molecule has 1 amide bonds. The summed E-state index contributed by atoms with van der Waals surface area (Å²) in [5, 5.41) is 12.3. The Morgan fingerprint density at radius 1 is 1.27 bits per heavy atom. The summed E-state index contributed by atoms with van der Waals surface area (Å²) in [6, 6.07) is 15.0. The number of methoxy groups -OCH3 is 1. The zero-order chi connectivity index (χ0) is 21.0. The molecule has 0 aromatic heterocycles. The van der Waals surface area contributed by atoms with Gasteiger partial charge < -0.3 is 19.6 Å². The smallest absolute Gasteiger partial charge is 0.227 e. The molecule has 1 aliphatic rings. The highest BCUT2D eigenvalue weighted by atomic mass is 35.5. The Morgan fingerprint density at radius 2 is 2.00 bits per heavy atom. The van der Waals surface area contributed by atoms with Gasteiger partial charge in [0.2, 0.25) is 5.91 Å². The van der Waals surface area contributed by atoms with Crippen molar-refractivity contribution in [3.63, 3.8) is 0 Å². The number of hydrogen-bond donors (Lipinski definition) is 1. The molecule has 1 heterocycles. The topological polar surface area (TPSA) is 53.0 Å². The highest BCUT2D eigenvalue weighted by molar-refractivity contribution is 6.30. The number of aliphatic hydroxyl groups is 1. The van der Waals surface area contributed by atoms with E-state index in [0.29, 0.717) is 37.5 Å². The van der Waals surface area contributed by atoms with Gasteiger partial charge in [0.1, 0.15) is 5.75 Å². The minimum atomic E-state index is -1.01. The van der Waals surface area contributed by atoms with E-state index >= 15 is 0 Å². The molecule has 2 unspecified atom stereocenters. The largest absolute Gasteiger partial charge is 0.497 e. The van der Waals surface area contributed by atoms with E-state index in [-0.39, 0.29) is 24.2 Å². The Kier molecular flexibility index (Phi) is 8.56. The molecule has 164 valence electrons. The van der Waals surface area contributed by atoms with Gasteiger partial charge in [0, 0.05) is 30.6 Å². The molecule has 1 aliphatic heterocycles. The third-order valence-electron chi connectivity index (χ3n) is 5.63. The number of ether oxygens (including phenoxy) is 1. The van der Waals surface area contributed by atoms with Gasteiger partial charge in [-0.25, -0.2) is 0 Å². The van der Waals surface area contributed by atoms with Gasteiger partial charge >= 0.3 is 0 Å². The van der Waals surface area contributed by atoms with Crippen molar-refractivity contribution in [2.75, 3.05) is 40.8 Å². The number of nitrogens with zero attached hydrogens (tertiary/aromatic N) is 2. The van der Waals surface area contributed by atoms with E-state index in [1.807, 2.05) is 61.5 Å². The Labute approximate surface area is 190 Å². The van der Waals surface area contributed by atoms with Gasteiger partial charge in [-0.1, -0.05) is 35.9 Å². The van der Waals surface area contributed by atoms with Crippen LogP contribution in [-0.4, -0.2) is 61.7 Å². The molecule has 5 nitrogen and oxygen atoms in total. The lowest BCUT2D eigenvalue weighted by atomic mass is 9.75. The van der Waals surface area contributed by atoms with Crippen LogP contribution < -0.4 is 4.74 Å². The van der Waals surface area contributed by atoms with Crippen LogP contribution in [-0.2, 0) is 16.8 Å². The Hall–Kier alpha value is -1.79. The molecule has 1 saturated heterocycles. The second-order valence-corrected chi connectivity index (χ2v) is 8.45. The van der Waals surface area contributed by atoms with Crippen molar-refractivity contribution in [2.24, 2.45) is 5.92 Å². The minimum absolute atomic E-state index is 0. The zero-order valence-corrected chi connectivity index (χ0v) is 19.2. The average molecular weight is 453 g/mol. The molecular formula is C23H30Cl2N2O3. The van der Waals surface area contributed by atoms with Crippen LogP contribution in [0.1, 0.15) is 17.5 Å². The number of carbonyl (C=O) groups excluding carboxylic acids is 1. The summed E-state index contributed by atoms with van der Waals surface area (Å²) < 4.78 is 5.35. The van der Waals surface area contributed by atoms with Crippen molar-refractivity contribution in [3.8, 4) is 5.75 Å². The quantitative estimate of drug-likeness (QED) is 0.726. The lowest BCUT2D eigenvalue weighted by Gasteiger charge is -2.46. The normalized spacial score (nSPS) is 21.3. The Bertz CT molecular complexity index is 862. The predicted molar refractivity (Wildman–Crippen MR) is 123 cm³/mol. The lowest BCUT2D eigenvalue weighted by molar-refractivity contribution is -0.141. The number of rotatable bonds is 6. The Balaban J connectivity index is 0.00000320. The van der Waals surface area contributed by atoms with E-state index in [4.69, 9.17) is 16.3 Å². The van der Waals surface area contributed by atoms with E-state index in [0.717, 1.165) is 16.9 Å². The SMILES string of the molecule is COc1cccc(C2(O)CCN(C(=O)Cc3cccc(Cl)c3)CC2CN(C)C)c1.Cl. The van der Waals surface area contributed by atoms with Gasteiger partial charge in [-0.05, 0) is 55.9 Å². The molecular weight excluding hydrogens is 423 g/mol. The molecule has 2 atom stereocenters. The summed E-state index contributed by atoms with van der Waals surface area (Å²) in [4.78, 5) is 16.8. The molecule has 1 N–H and O–H groups in total. The fraction of sp³-hybridized carbons (Fsp3) is 0.435. The second kappa shape index (κ2) is 10.5. The van der Waals surface area contributed by atoms with Crippen LogP contribution in [0.5, 0.6) is 5.75 Å². The molecule has 30 heavy (non-hydrogen) atoms. The van der Waals surface area contributed by atoms with E-state index < -0.39 is 5.60 Å². The first kappa shape index (κ1) is 24.5. The van der Waals surface area contributed by atoms with E-state index in [9.17, 15) is 9.90 Å². The van der Waals surface area contributed by atoms with Gasteiger partial charge in [-0.2, -0.15) is 0 Å². The molecule has 7 heteroatoms. The molecule has 0 bridgehead atoms. The van der Waals surface area contributed by atoms with Crippen molar-refractivity contribution in [1.29, 1.82) is 0 Å². The highest BCUT2D eigenvalue weighted by Gasteiger charge is 2.44. The van der Waals surface area contributed by atoms with E-state index in [1.165, 1.54) is 0 Å². The third-order valence-corrected chi connectivity index (χ3v) is 5.87. The second-order valence-electron chi connectivity index (χ2n) is 8.01. The number of hydrogen-bond acceptors (Lipinski definition) is 4. The zero-order valence-electron chi connectivity index (χ0n) is 17.7. The number of halogens is 2. The number of likely N-dealkylation sites (tertiary alicyclic amines) is 1. The number of piperidine rings is 1. The van der Waals surface area contributed by atoms with Crippen LogP contribution in [0.25, 0.3) is 0 Å². The van der Waals surface area contributed by atoms with Gasteiger partial charge in [0.15, 0.2) is 0 Å². The first-order valence-electron chi connectivity index (χ1n) is 9.85. The summed E-state index contributed by atoms with van der Waals surface area (Å²) in [7, 11) is 5.59. The van der Waals surface area contributed by atoms with E-state index in [2.05, 4.69) is 4.90 Å². The number of carbonyl (C=O) groups is 1. The van der Waals surface area contributed by atoms with Gasteiger partial charge in [0.05, 0.1) is 19.1 Å². The van der Waals surface area contributed by atoms with Crippen LogP contribution >= 0.6 is 24.0 Å². The first-order valence-corrected chi connectivity index (χ1v) is 10.2. The van der Waals surface area contributed by atoms with Crippen LogP contribution in [0.3, 0.4) is 0 Å². The standard InChI is InChI=1S/C23H29ClN2O3.ClH/c1-25(2)15-19-16-26(22(27)13-17-6-4-8-20(24)12-17)11-10-23(19,28)18-7-5-9-21(14-18)29-3;/h4-9,12,14,19,28H,10-11,13,15-16H2,1-3H3;1H. The summed E-state index contributed by atoms with van der Waals surface area (Å²) in [6.45, 7) is 1.69. The lowest BCUT2D eigenvalue weighted by Crippen LogP contribution is -2.54. The van der Waals surface area contributed by atoms with Gasteiger partial charge in [0.25, 0.3) is 0 Å². The van der Waals surface area contributed by atoms with E-state index in [1.54, 1.807) is 13.2 Å². The van der Waals surface area contributed by atoms with Crippen molar-refractivity contribution >= 4 is 29.9 Å². The molecule has 0 saturated carbocycles. The molecule has 2 aromatic carbocycles. The van der Waals surface area contributed by atoms with Crippen molar-refractivity contribution < 1.29 is 14.6 Å². The molecule has 0 aliphatic carbocycles. The van der Waals surface area contributed by atoms with Crippen LogP contribution in [0.2, 0.25) is 5.02 Å². The van der Waals surface area contributed by atoms with Crippen LogP contribution in [0, 0.1) is 5.92 Å². The molecule has 1 fully saturated rings. The van der Waals surface area contributed by atoms with Crippen molar-refractivity contribution in [3.05, 3.63) is 64.7 Å². The van der Waals surface area contributed by atoms with Crippen molar-refractivity contribution in [2.45, 2.75) is 18.4 Å². The van der Waals surface area contributed by atoms with Gasteiger partial charge in [-0.15, -0.1) is 12.4 Å².